The third-order valence-corrected chi connectivity index (χ3v) is 7.44. The van der Waals surface area contributed by atoms with Gasteiger partial charge in [0.2, 0.25) is 0 Å². The summed E-state index contributed by atoms with van der Waals surface area (Å²) in [6.45, 7) is 0. The molecule has 0 N–H and O–H groups in total. The van der Waals surface area contributed by atoms with Crippen LogP contribution in [0.5, 0.6) is 0 Å². The van der Waals surface area contributed by atoms with E-state index >= 15 is 0 Å². The first-order valence-electron chi connectivity index (χ1n) is 13.0. The summed E-state index contributed by atoms with van der Waals surface area (Å²) in [5, 5.41) is 4.80. The number of aromatic nitrogens is 4. The van der Waals surface area contributed by atoms with Crippen molar-refractivity contribution in [2.24, 2.45) is 0 Å². The molecule has 4 nitrogen and oxygen atoms in total. The first kappa shape index (κ1) is 21.7. The monoisotopic (exact) mass is 498 g/mol. The third kappa shape index (κ3) is 3.50. The molecule has 0 spiro atoms. The van der Waals surface area contributed by atoms with E-state index in [1.54, 1.807) is 0 Å². The summed E-state index contributed by atoms with van der Waals surface area (Å²) in [4.78, 5) is 14.9. The first-order chi connectivity index (χ1) is 19.3. The van der Waals surface area contributed by atoms with Crippen LogP contribution in [0.4, 0.5) is 0 Å². The normalized spacial score (nSPS) is 11.6. The van der Waals surface area contributed by atoms with Crippen LogP contribution in [0.25, 0.3) is 71.9 Å². The number of fused-ring (bicyclic) bond motifs is 5. The van der Waals surface area contributed by atoms with Crippen LogP contribution >= 0.6 is 0 Å². The average molecular weight is 499 g/mol. The summed E-state index contributed by atoms with van der Waals surface area (Å²) in [5.41, 5.74) is 7.11. The maximum atomic E-state index is 5.19. The van der Waals surface area contributed by atoms with E-state index in [0.717, 1.165) is 39.0 Å². The molecule has 0 saturated carbocycles. The van der Waals surface area contributed by atoms with Crippen LogP contribution in [-0.4, -0.2) is 19.5 Å². The number of pyridine rings is 1. The van der Waals surface area contributed by atoms with Gasteiger partial charge in [-0.05, 0) is 52.2 Å². The Morgan fingerprint density at radius 3 is 2.03 bits per heavy atom. The smallest absolute Gasteiger partial charge is 0.168 e. The second-order valence-electron chi connectivity index (χ2n) is 9.75. The van der Waals surface area contributed by atoms with E-state index in [2.05, 4.69) is 114 Å². The molecule has 0 bridgehead atoms. The van der Waals surface area contributed by atoms with Crippen LogP contribution < -0.4 is 0 Å². The predicted molar refractivity (Wildman–Crippen MR) is 160 cm³/mol. The van der Waals surface area contributed by atoms with Crippen LogP contribution in [0.3, 0.4) is 0 Å². The summed E-state index contributed by atoms with van der Waals surface area (Å²) in [6.07, 6.45) is 1.81. The van der Waals surface area contributed by atoms with Crippen LogP contribution in [0.2, 0.25) is 0 Å². The van der Waals surface area contributed by atoms with Crippen molar-refractivity contribution in [1.29, 1.82) is 0 Å². The molecular weight excluding hydrogens is 476 g/mol. The Balaban J connectivity index is 1.40. The van der Waals surface area contributed by atoms with Crippen molar-refractivity contribution >= 4 is 43.6 Å². The Bertz CT molecular complexity index is 2160. The van der Waals surface area contributed by atoms with E-state index < -0.39 is 0 Å². The maximum Gasteiger partial charge on any atom is 0.168 e. The first-order valence-corrected chi connectivity index (χ1v) is 13.0. The van der Waals surface area contributed by atoms with Gasteiger partial charge in [0, 0.05) is 22.5 Å². The van der Waals surface area contributed by atoms with Crippen molar-refractivity contribution in [2.75, 3.05) is 0 Å². The molecule has 0 unspecified atom stereocenters. The van der Waals surface area contributed by atoms with Crippen LogP contribution in [0.15, 0.2) is 134 Å². The fraction of sp³-hybridized carbons (Fsp3) is 0. The average Bonchev–Trinajstić information content (AvgIpc) is 3.33. The molecule has 4 heteroatoms. The van der Waals surface area contributed by atoms with E-state index in [4.69, 9.17) is 15.0 Å². The van der Waals surface area contributed by atoms with E-state index in [9.17, 15) is 0 Å². The van der Waals surface area contributed by atoms with Gasteiger partial charge in [0.05, 0.1) is 16.6 Å². The quantitative estimate of drug-likeness (QED) is 0.245. The second-order valence-corrected chi connectivity index (χ2v) is 9.75. The van der Waals surface area contributed by atoms with E-state index in [1.807, 2.05) is 24.4 Å². The van der Waals surface area contributed by atoms with Gasteiger partial charge < -0.3 is 0 Å². The van der Waals surface area contributed by atoms with Gasteiger partial charge in [0.25, 0.3) is 0 Å². The zero-order valence-electron chi connectivity index (χ0n) is 21.0. The van der Waals surface area contributed by atoms with Gasteiger partial charge in [-0.2, -0.15) is 0 Å². The van der Waals surface area contributed by atoms with E-state index in [0.29, 0.717) is 5.82 Å². The van der Waals surface area contributed by atoms with Gasteiger partial charge >= 0.3 is 0 Å². The van der Waals surface area contributed by atoms with Crippen molar-refractivity contribution in [3.05, 3.63) is 134 Å². The lowest BCUT2D eigenvalue weighted by Crippen LogP contribution is -2.03. The lowest BCUT2D eigenvalue weighted by Gasteiger charge is -2.12. The highest BCUT2D eigenvalue weighted by Crippen LogP contribution is 2.36. The van der Waals surface area contributed by atoms with Crippen LogP contribution in [-0.2, 0) is 0 Å². The van der Waals surface area contributed by atoms with Crippen molar-refractivity contribution in [3.8, 4) is 28.3 Å². The number of hydrogen-bond donors (Lipinski definition) is 0. The van der Waals surface area contributed by atoms with E-state index in [-0.39, 0.29) is 0 Å². The summed E-state index contributed by atoms with van der Waals surface area (Å²) >= 11 is 0. The summed E-state index contributed by atoms with van der Waals surface area (Å²) in [5.74, 6) is 1.46. The number of para-hydroxylation sites is 1. The van der Waals surface area contributed by atoms with Gasteiger partial charge in [-0.15, -0.1) is 0 Å². The maximum absolute atomic E-state index is 5.19. The molecule has 8 aromatic rings. The minimum atomic E-state index is 0.678. The van der Waals surface area contributed by atoms with Gasteiger partial charge in [-0.25, -0.2) is 9.97 Å². The zero-order valence-corrected chi connectivity index (χ0v) is 21.0. The van der Waals surface area contributed by atoms with Gasteiger partial charge in [-0.1, -0.05) is 97.1 Å². The molecule has 39 heavy (non-hydrogen) atoms. The van der Waals surface area contributed by atoms with Crippen molar-refractivity contribution in [2.45, 2.75) is 0 Å². The molecule has 5 aromatic carbocycles. The molecule has 0 fully saturated rings. The fourth-order valence-corrected chi connectivity index (χ4v) is 5.56. The van der Waals surface area contributed by atoms with Crippen LogP contribution in [0, 0.1) is 0 Å². The Labute approximate surface area is 224 Å². The molecule has 0 aliphatic carbocycles. The fourth-order valence-electron chi connectivity index (χ4n) is 5.56. The molecule has 3 aromatic heterocycles. The van der Waals surface area contributed by atoms with Crippen LogP contribution in [0.1, 0.15) is 0 Å². The van der Waals surface area contributed by atoms with Crippen molar-refractivity contribution in [3.63, 3.8) is 0 Å². The van der Waals surface area contributed by atoms with Gasteiger partial charge in [0.1, 0.15) is 5.52 Å². The summed E-state index contributed by atoms with van der Waals surface area (Å²) < 4.78 is 2.25. The molecule has 0 aliphatic heterocycles. The Morgan fingerprint density at radius 2 is 1.18 bits per heavy atom. The third-order valence-electron chi connectivity index (χ3n) is 7.44. The highest BCUT2D eigenvalue weighted by atomic mass is 15.1. The number of benzene rings is 5. The summed E-state index contributed by atoms with van der Waals surface area (Å²) in [6, 6.07) is 44.4. The largest absolute Gasteiger partial charge is 0.292 e. The molecule has 0 atom stereocenters. The Kier molecular flexibility index (Phi) is 4.79. The molecule has 182 valence electrons. The molecule has 3 heterocycles. The second kappa shape index (κ2) is 8.61. The molecule has 0 amide bonds. The van der Waals surface area contributed by atoms with Crippen molar-refractivity contribution in [1.82, 2.24) is 19.5 Å². The number of hydrogen-bond acceptors (Lipinski definition) is 3. The highest BCUT2D eigenvalue weighted by Gasteiger charge is 2.18. The highest BCUT2D eigenvalue weighted by molar-refractivity contribution is 6.14. The number of rotatable bonds is 3. The summed E-state index contributed by atoms with van der Waals surface area (Å²) in [7, 11) is 0. The molecular formula is C35H22N4. The Morgan fingerprint density at radius 1 is 0.487 bits per heavy atom. The minimum absolute atomic E-state index is 0.678. The Hall–Kier alpha value is -5.35. The molecule has 0 aliphatic rings. The van der Waals surface area contributed by atoms with E-state index in [1.165, 1.54) is 27.1 Å². The van der Waals surface area contributed by atoms with Crippen molar-refractivity contribution < 1.29 is 0 Å². The molecule has 0 saturated heterocycles. The molecule has 8 rings (SSSR count). The minimum Gasteiger partial charge on any atom is -0.292 e. The predicted octanol–water partition coefficient (Wildman–Crippen LogP) is 8.61. The molecule has 0 radical (unpaired) electrons. The lowest BCUT2D eigenvalue weighted by atomic mass is 10.0. The topological polar surface area (TPSA) is 43.6 Å². The SMILES string of the molecule is c1ccc(-c2ccc(-c3nc(-n4c5ccccc5c5cc6ccccc6cc54)c4ncccc4n3)cc2)cc1. The standard InChI is InChI=1S/C35H22N4/c1-2-9-23(10-3-1)24-16-18-25(19-17-24)34-37-30-14-8-20-36-33(30)35(38-34)39-31-15-7-6-13-28(31)29-21-26-11-4-5-12-27(26)22-32(29)39/h1-22H. The van der Waals surface area contributed by atoms with Gasteiger partial charge in [-0.3, -0.25) is 9.55 Å². The lowest BCUT2D eigenvalue weighted by molar-refractivity contribution is 1.06. The number of nitrogens with zero attached hydrogens (tertiary/aromatic N) is 4. The zero-order chi connectivity index (χ0) is 25.8. The van der Waals surface area contributed by atoms with Gasteiger partial charge in [0.15, 0.2) is 11.6 Å².